The number of ether oxygens (including phenoxy) is 2. The highest BCUT2D eigenvalue weighted by Crippen LogP contribution is 2.28. The van der Waals surface area contributed by atoms with Crippen molar-refractivity contribution in [3.05, 3.63) is 53.9 Å². The van der Waals surface area contributed by atoms with E-state index >= 15 is 0 Å². The number of hydrogen-bond donors (Lipinski definition) is 1. The molecule has 5 nitrogen and oxygen atoms in total. The van der Waals surface area contributed by atoms with Crippen LogP contribution >= 0.6 is 0 Å². The molecule has 0 aliphatic heterocycles. The summed E-state index contributed by atoms with van der Waals surface area (Å²) in [5.74, 6) is 1.16. The minimum atomic E-state index is -0.210. The minimum absolute atomic E-state index is 0.210. The molecule has 0 aliphatic carbocycles. The molecule has 2 aromatic rings. The van der Waals surface area contributed by atoms with Gasteiger partial charge in [0, 0.05) is 12.3 Å². The Labute approximate surface area is 148 Å². The summed E-state index contributed by atoms with van der Waals surface area (Å²) >= 11 is 0. The lowest BCUT2D eigenvalue weighted by Gasteiger charge is -2.11. The summed E-state index contributed by atoms with van der Waals surface area (Å²) in [6.07, 6.45) is 8.62. The van der Waals surface area contributed by atoms with E-state index in [1.165, 1.54) is 6.08 Å². The lowest BCUT2D eigenvalue weighted by Crippen LogP contribution is -2.09. The fraction of sp³-hybridized carbons (Fsp3) is 0.300. The third-order valence-corrected chi connectivity index (χ3v) is 3.67. The first-order valence-corrected chi connectivity index (χ1v) is 8.34. The molecule has 1 aromatic heterocycles. The zero-order valence-corrected chi connectivity index (χ0v) is 14.9. The molecular formula is C20H24N2O3. The predicted molar refractivity (Wildman–Crippen MR) is 100 cm³/mol. The molecule has 5 heteroatoms. The summed E-state index contributed by atoms with van der Waals surface area (Å²) in [5.41, 5.74) is 2.53. The second kappa shape index (κ2) is 9.47. The Hall–Kier alpha value is -2.82. The van der Waals surface area contributed by atoms with E-state index in [4.69, 9.17) is 9.47 Å². The van der Waals surface area contributed by atoms with Crippen LogP contribution in [0.25, 0.3) is 6.08 Å². The van der Waals surface area contributed by atoms with Crippen LogP contribution in [-0.2, 0) is 4.79 Å². The average molecular weight is 340 g/mol. The maximum Gasteiger partial charge on any atom is 0.248 e. The van der Waals surface area contributed by atoms with Crippen molar-refractivity contribution in [3.8, 4) is 11.5 Å². The Kier molecular flexibility index (Phi) is 7.01. The standard InChI is InChI=1S/C20H24N2O3/c1-4-5-12-25-18-8-6-16(13-19(18)24-3)7-9-20(23)22-17-14-21-11-10-15(17)2/h6-11,13-14H,4-5,12H2,1-3H3,(H,22,23)/b9-7+. The molecule has 0 radical (unpaired) electrons. The van der Waals surface area contributed by atoms with Gasteiger partial charge in [0.2, 0.25) is 5.91 Å². The van der Waals surface area contributed by atoms with Gasteiger partial charge in [-0.05, 0) is 48.7 Å². The highest BCUT2D eigenvalue weighted by atomic mass is 16.5. The van der Waals surface area contributed by atoms with Gasteiger partial charge in [-0.2, -0.15) is 0 Å². The normalized spacial score (nSPS) is 10.7. The van der Waals surface area contributed by atoms with Crippen molar-refractivity contribution < 1.29 is 14.3 Å². The first-order valence-electron chi connectivity index (χ1n) is 8.34. The van der Waals surface area contributed by atoms with Gasteiger partial charge >= 0.3 is 0 Å². The highest BCUT2D eigenvalue weighted by molar-refractivity contribution is 6.02. The molecule has 1 aromatic carbocycles. The van der Waals surface area contributed by atoms with E-state index in [2.05, 4.69) is 17.2 Å². The minimum Gasteiger partial charge on any atom is -0.493 e. The summed E-state index contributed by atoms with van der Waals surface area (Å²) in [6, 6.07) is 7.45. The second-order valence-corrected chi connectivity index (χ2v) is 5.63. The molecule has 2 rings (SSSR count). The van der Waals surface area contributed by atoms with Crippen molar-refractivity contribution in [2.75, 3.05) is 19.0 Å². The molecule has 0 bridgehead atoms. The van der Waals surface area contributed by atoms with Gasteiger partial charge in [0.15, 0.2) is 11.5 Å². The number of anilines is 1. The number of amides is 1. The predicted octanol–water partition coefficient (Wildman–Crippen LogP) is 4.23. The molecule has 0 unspecified atom stereocenters. The van der Waals surface area contributed by atoms with Crippen molar-refractivity contribution in [3.63, 3.8) is 0 Å². The second-order valence-electron chi connectivity index (χ2n) is 5.63. The first-order chi connectivity index (χ1) is 12.1. The highest BCUT2D eigenvalue weighted by Gasteiger charge is 2.05. The maximum absolute atomic E-state index is 12.1. The van der Waals surface area contributed by atoms with Gasteiger partial charge < -0.3 is 14.8 Å². The fourth-order valence-corrected chi connectivity index (χ4v) is 2.17. The van der Waals surface area contributed by atoms with E-state index < -0.39 is 0 Å². The van der Waals surface area contributed by atoms with E-state index in [0.717, 1.165) is 24.0 Å². The quantitative estimate of drug-likeness (QED) is 0.577. The van der Waals surface area contributed by atoms with Crippen LogP contribution in [0.3, 0.4) is 0 Å². The third kappa shape index (κ3) is 5.64. The summed E-state index contributed by atoms with van der Waals surface area (Å²) in [6.45, 7) is 4.70. The van der Waals surface area contributed by atoms with Crippen LogP contribution in [0.2, 0.25) is 0 Å². The largest absolute Gasteiger partial charge is 0.493 e. The van der Waals surface area contributed by atoms with Gasteiger partial charge in [0.05, 0.1) is 25.6 Å². The number of pyridine rings is 1. The SMILES string of the molecule is CCCCOc1ccc(/C=C/C(=O)Nc2cnccc2C)cc1OC. The Balaban J connectivity index is 2.02. The molecule has 0 spiro atoms. The van der Waals surface area contributed by atoms with Crippen LogP contribution in [0.4, 0.5) is 5.69 Å². The lowest BCUT2D eigenvalue weighted by atomic mass is 10.2. The maximum atomic E-state index is 12.1. The molecule has 0 atom stereocenters. The molecule has 25 heavy (non-hydrogen) atoms. The van der Waals surface area contributed by atoms with E-state index in [9.17, 15) is 4.79 Å². The smallest absolute Gasteiger partial charge is 0.248 e. The first kappa shape index (κ1) is 18.5. The van der Waals surface area contributed by atoms with Crippen molar-refractivity contribution in [2.45, 2.75) is 26.7 Å². The van der Waals surface area contributed by atoms with Gasteiger partial charge in [-0.25, -0.2) is 0 Å². The van der Waals surface area contributed by atoms with Gasteiger partial charge in [-0.15, -0.1) is 0 Å². The number of carbonyl (C=O) groups excluding carboxylic acids is 1. The summed E-state index contributed by atoms with van der Waals surface area (Å²) in [7, 11) is 1.60. The summed E-state index contributed by atoms with van der Waals surface area (Å²) in [5, 5.41) is 2.81. The molecule has 0 fully saturated rings. The molecule has 0 saturated heterocycles. The number of unbranched alkanes of at least 4 members (excludes halogenated alkanes) is 1. The van der Waals surface area contributed by atoms with Crippen LogP contribution in [0.5, 0.6) is 11.5 Å². The number of rotatable bonds is 8. The Morgan fingerprint density at radius 3 is 2.84 bits per heavy atom. The zero-order chi connectivity index (χ0) is 18.1. The summed E-state index contributed by atoms with van der Waals surface area (Å²) in [4.78, 5) is 16.1. The number of aromatic nitrogens is 1. The number of carbonyl (C=O) groups is 1. The number of nitrogens with zero attached hydrogens (tertiary/aromatic N) is 1. The van der Waals surface area contributed by atoms with Gasteiger partial charge in [-0.3, -0.25) is 9.78 Å². The topological polar surface area (TPSA) is 60.5 Å². The molecule has 0 saturated carbocycles. The van der Waals surface area contributed by atoms with Crippen molar-refractivity contribution in [2.24, 2.45) is 0 Å². The van der Waals surface area contributed by atoms with Gasteiger partial charge in [-0.1, -0.05) is 19.4 Å². The third-order valence-electron chi connectivity index (χ3n) is 3.67. The average Bonchev–Trinajstić information content (AvgIpc) is 2.62. The Bertz CT molecular complexity index is 741. The number of methoxy groups -OCH3 is 1. The lowest BCUT2D eigenvalue weighted by molar-refractivity contribution is -0.111. The Morgan fingerprint density at radius 1 is 1.28 bits per heavy atom. The zero-order valence-electron chi connectivity index (χ0n) is 14.9. The van der Waals surface area contributed by atoms with Crippen LogP contribution in [0.15, 0.2) is 42.7 Å². The van der Waals surface area contributed by atoms with Crippen molar-refractivity contribution in [1.82, 2.24) is 4.98 Å². The number of benzene rings is 1. The van der Waals surface area contributed by atoms with Gasteiger partial charge in [0.1, 0.15) is 0 Å². The van der Waals surface area contributed by atoms with E-state index in [-0.39, 0.29) is 5.91 Å². The number of aryl methyl sites for hydroxylation is 1. The van der Waals surface area contributed by atoms with Crippen LogP contribution in [0.1, 0.15) is 30.9 Å². The molecule has 1 amide bonds. The van der Waals surface area contributed by atoms with Crippen LogP contribution < -0.4 is 14.8 Å². The molecule has 1 heterocycles. The molecule has 1 N–H and O–H groups in total. The molecule has 132 valence electrons. The van der Waals surface area contributed by atoms with E-state index in [1.807, 2.05) is 31.2 Å². The molecule has 0 aliphatic rings. The van der Waals surface area contributed by atoms with Gasteiger partial charge in [0.25, 0.3) is 0 Å². The summed E-state index contributed by atoms with van der Waals surface area (Å²) < 4.78 is 11.1. The monoisotopic (exact) mass is 340 g/mol. The van der Waals surface area contributed by atoms with Crippen LogP contribution in [-0.4, -0.2) is 24.6 Å². The Morgan fingerprint density at radius 2 is 2.12 bits per heavy atom. The fourth-order valence-electron chi connectivity index (χ4n) is 2.17. The van der Waals surface area contributed by atoms with E-state index in [0.29, 0.717) is 23.8 Å². The van der Waals surface area contributed by atoms with Crippen molar-refractivity contribution >= 4 is 17.7 Å². The van der Waals surface area contributed by atoms with Crippen LogP contribution in [0, 0.1) is 6.92 Å². The number of nitrogens with one attached hydrogen (secondary N) is 1. The van der Waals surface area contributed by atoms with E-state index in [1.54, 1.807) is 25.6 Å². The van der Waals surface area contributed by atoms with Crippen molar-refractivity contribution in [1.29, 1.82) is 0 Å². The molecular weight excluding hydrogens is 316 g/mol. The number of hydrogen-bond acceptors (Lipinski definition) is 4.